The Balaban J connectivity index is 1.69. The number of hydrogen-bond acceptors (Lipinski definition) is 4. The molecule has 184 valence electrons. The molecule has 4 heteroatoms. The lowest BCUT2D eigenvalue weighted by molar-refractivity contribution is 1.38. The van der Waals surface area contributed by atoms with E-state index in [1.165, 1.54) is 83.5 Å². The van der Waals surface area contributed by atoms with Crippen LogP contribution < -0.4 is 0 Å². The Hall–Kier alpha value is -2.24. The van der Waals surface area contributed by atoms with Crippen molar-refractivity contribution in [1.29, 1.82) is 0 Å². The molecule has 0 unspecified atom stereocenters. The van der Waals surface area contributed by atoms with Crippen molar-refractivity contribution in [1.82, 2.24) is 0 Å². The van der Waals surface area contributed by atoms with Crippen LogP contribution in [-0.2, 0) is 0 Å². The molecular formula is C32H32S4. The van der Waals surface area contributed by atoms with E-state index >= 15 is 0 Å². The number of rotatable bonds is 0. The van der Waals surface area contributed by atoms with Crippen molar-refractivity contribution in [3.8, 4) is 0 Å². The Morgan fingerprint density at radius 3 is 0.472 bits per heavy atom. The van der Waals surface area contributed by atoms with E-state index in [0.29, 0.717) is 0 Å². The van der Waals surface area contributed by atoms with Gasteiger partial charge < -0.3 is 0 Å². The monoisotopic (exact) mass is 544 g/mol. The highest BCUT2D eigenvalue weighted by Crippen LogP contribution is 2.37. The molecule has 0 fully saturated rings. The molecular weight excluding hydrogens is 513 g/mol. The summed E-state index contributed by atoms with van der Waals surface area (Å²) in [5.41, 5.74) is 11.1. The van der Waals surface area contributed by atoms with Crippen LogP contribution in [0.3, 0.4) is 0 Å². The average Bonchev–Trinajstić information content (AvgIpc) is 3.49. The molecule has 0 radical (unpaired) electrons. The van der Waals surface area contributed by atoms with Crippen molar-refractivity contribution in [2.24, 2.45) is 0 Å². The first-order chi connectivity index (χ1) is 17.2. The molecule has 1 aliphatic rings. The summed E-state index contributed by atoms with van der Waals surface area (Å²) in [4.78, 5) is 10.8. The molecule has 0 spiro atoms. The molecule has 0 aromatic carbocycles. The largest absolute Gasteiger partial charge is 0.136 e. The summed E-state index contributed by atoms with van der Waals surface area (Å²) in [6.45, 7) is 18.0. The average molecular weight is 545 g/mol. The predicted octanol–water partition coefficient (Wildman–Crippen LogP) is 11.4. The minimum Gasteiger partial charge on any atom is -0.136 e. The molecule has 0 amide bonds. The standard InChI is InChI=1S/C32H32S4/c1-17-18(2)26-11-12-28-21(5)22(6)30(35-28)15-16-32-24(8)23(7)31(36-32)14-13-29-20(4)19(3)27(34-29)10-9-25(17)33-26/h9-16H,1-8H3. The van der Waals surface area contributed by atoms with Crippen LogP contribution >= 0.6 is 45.3 Å². The highest BCUT2D eigenvalue weighted by Gasteiger charge is 2.13. The second kappa shape index (κ2) is 9.90. The lowest BCUT2D eigenvalue weighted by Crippen LogP contribution is -1.78. The third-order valence-electron chi connectivity index (χ3n) is 7.63. The fraction of sp³-hybridized carbons (Fsp3) is 0.250. The lowest BCUT2D eigenvalue weighted by Gasteiger charge is -1.95. The van der Waals surface area contributed by atoms with E-state index in [-0.39, 0.29) is 0 Å². The zero-order chi connectivity index (χ0) is 25.7. The SMILES string of the molecule is Cc1c2sc(c1C)C=Cc1sc(c(C)c1C)C=Cc1sc(c(C)c1C)C=Cc1sc(c(C)c1C)C=C2. The van der Waals surface area contributed by atoms with Crippen molar-refractivity contribution in [3.05, 3.63) is 83.5 Å². The molecule has 8 bridgehead atoms. The second-order valence-corrected chi connectivity index (χ2v) is 14.0. The van der Waals surface area contributed by atoms with Gasteiger partial charge in [-0.15, -0.1) is 45.3 Å². The van der Waals surface area contributed by atoms with Crippen LogP contribution in [0.2, 0.25) is 0 Å². The Morgan fingerprint density at radius 2 is 0.361 bits per heavy atom. The lowest BCUT2D eigenvalue weighted by atomic mass is 10.1. The van der Waals surface area contributed by atoms with Gasteiger partial charge in [-0.1, -0.05) is 0 Å². The summed E-state index contributed by atoms with van der Waals surface area (Å²) >= 11 is 7.57. The molecule has 0 saturated carbocycles. The van der Waals surface area contributed by atoms with E-state index in [4.69, 9.17) is 0 Å². The first kappa shape index (κ1) is 25.4. The minimum atomic E-state index is 1.35. The number of hydrogen-bond donors (Lipinski definition) is 0. The van der Waals surface area contributed by atoms with Crippen LogP contribution in [0, 0.1) is 55.4 Å². The van der Waals surface area contributed by atoms with Crippen LogP contribution in [0.1, 0.15) is 83.5 Å². The zero-order valence-corrected chi connectivity index (χ0v) is 25.5. The van der Waals surface area contributed by atoms with Crippen molar-refractivity contribution in [2.75, 3.05) is 0 Å². The first-order valence-electron chi connectivity index (χ1n) is 12.3. The highest BCUT2D eigenvalue weighted by atomic mass is 32.1. The summed E-state index contributed by atoms with van der Waals surface area (Å²) in [5.74, 6) is 0. The van der Waals surface area contributed by atoms with Crippen molar-refractivity contribution in [2.45, 2.75) is 55.4 Å². The molecule has 4 aromatic rings. The molecule has 5 heterocycles. The summed E-state index contributed by atoms with van der Waals surface area (Å²) in [7, 11) is 0. The molecule has 0 atom stereocenters. The van der Waals surface area contributed by atoms with Gasteiger partial charge in [-0.05, 0) is 149 Å². The van der Waals surface area contributed by atoms with Gasteiger partial charge in [-0.2, -0.15) is 0 Å². The fourth-order valence-corrected chi connectivity index (χ4v) is 8.93. The third-order valence-corrected chi connectivity index (χ3v) is 12.9. The van der Waals surface area contributed by atoms with Crippen LogP contribution in [0.4, 0.5) is 0 Å². The molecule has 0 saturated heterocycles. The fourth-order valence-electron chi connectivity index (χ4n) is 4.44. The molecule has 0 aliphatic carbocycles. The normalized spacial score (nSPS) is 13.1. The Labute approximate surface area is 231 Å². The van der Waals surface area contributed by atoms with E-state index in [0.717, 1.165) is 0 Å². The van der Waals surface area contributed by atoms with Crippen molar-refractivity contribution in [3.63, 3.8) is 0 Å². The van der Waals surface area contributed by atoms with Gasteiger partial charge in [0.15, 0.2) is 0 Å². The minimum absolute atomic E-state index is 1.35. The van der Waals surface area contributed by atoms with Crippen LogP contribution in [0.15, 0.2) is 0 Å². The van der Waals surface area contributed by atoms with Crippen molar-refractivity contribution >= 4 is 94.0 Å². The maximum absolute atomic E-state index is 2.32. The molecule has 1 aliphatic heterocycles. The predicted molar refractivity (Wildman–Crippen MR) is 171 cm³/mol. The van der Waals surface area contributed by atoms with Gasteiger partial charge in [0.25, 0.3) is 0 Å². The first-order valence-corrected chi connectivity index (χ1v) is 15.5. The zero-order valence-electron chi connectivity index (χ0n) is 22.3. The van der Waals surface area contributed by atoms with Gasteiger partial charge in [0.05, 0.1) is 0 Å². The summed E-state index contributed by atoms with van der Waals surface area (Å²) in [6.07, 6.45) is 18.5. The van der Waals surface area contributed by atoms with Gasteiger partial charge in [0.1, 0.15) is 0 Å². The van der Waals surface area contributed by atoms with Gasteiger partial charge in [0, 0.05) is 39.0 Å². The molecule has 5 rings (SSSR count). The Bertz CT molecular complexity index is 1250. The molecule has 0 N–H and O–H groups in total. The summed E-state index contributed by atoms with van der Waals surface area (Å²) in [5, 5.41) is 0. The molecule has 4 aromatic heterocycles. The quantitative estimate of drug-likeness (QED) is 0.182. The van der Waals surface area contributed by atoms with Gasteiger partial charge >= 0.3 is 0 Å². The van der Waals surface area contributed by atoms with E-state index in [1.807, 2.05) is 45.3 Å². The summed E-state index contributed by atoms with van der Waals surface area (Å²) in [6, 6.07) is 0. The number of thiophene rings is 4. The van der Waals surface area contributed by atoms with Crippen molar-refractivity contribution < 1.29 is 0 Å². The van der Waals surface area contributed by atoms with Crippen LogP contribution in [0.25, 0.3) is 48.6 Å². The molecule has 36 heavy (non-hydrogen) atoms. The van der Waals surface area contributed by atoms with Gasteiger partial charge in [0.2, 0.25) is 0 Å². The van der Waals surface area contributed by atoms with Gasteiger partial charge in [-0.3, -0.25) is 0 Å². The maximum Gasteiger partial charge on any atom is 0.0309 e. The third kappa shape index (κ3) is 4.50. The van der Waals surface area contributed by atoms with E-state index in [9.17, 15) is 0 Å². The van der Waals surface area contributed by atoms with E-state index < -0.39 is 0 Å². The van der Waals surface area contributed by atoms with E-state index in [1.54, 1.807) is 0 Å². The van der Waals surface area contributed by atoms with Gasteiger partial charge in [-0.25, -0.2) is 0 Å². The van der Waals surface area contributed by atoms with Crippen LogP contribution in [-0.4, -0.2) is 0 Å². The van der Waals surface area contributed by atoms with E-state index in [2.05, 4.69) is 104 Å². The highest BCUT2D eigenvalue weighted by molar-refractivity contribution is 7.16. The second-order valence-electron chi connectivity index (χ2n) is 9.66. The Kier molecular flexibility index (Phi) is 6.99. The molecule has 0 nitrogen and oxygen atoms in total. The number of fused-ring (bicyclic) bond motifs is 8. The topological polar surface area (TPSA) is 0 Å². The maximum atomic E-state index is 2.32. The Morgan fingerprint density at radius 1 is 0.250 bits per heavy atom. The van der Waals surface area contributed by atoms with Crippen LogP contribution in [0.5, 0.6) is 0 Å². The smallest absolute Gasteiger partial charge is 0.0309 e. The summed E-state index contributed by atoms with van der Waals surface area (Å²) < 4.78 is 0.